The molecule has 1 amide bonds. The summed E-state index contributed by atoms with van der Waals surface area (Å²) in [5.74, 6) is 0.174. The van der Waals surface area contributed by atoms with E-state index in [4.69, 9.17) is 0 Å². The molecule has 3 heterocycles. The first-order chi connectivity index (χ1) is 11.1. The van der Waals surface area contributed by atoms with Crippen LogP contribution in [0, 0.1) is 0 Å². The van der Waals surface area contributed by atoms with Gasteiger partial charge in [-0.3, -0.25) is 4.79 Å². The van der Waals surface area contributed by atoms with Crippen LogP contribution in [0.1, 0.15) is 39.2 Å². The highest BCUT2D eigenvalue weighted by molar-refractivity contribution is 5.90. The molecule has 0 unspecified atom stereocenters. The van der Waals surface area contributed by atoms with E-state index >= 15 is 0 Å². The highest BCUT2D eigenvalue weighted by atomic mass is 16.2. The second kappa shape index (κ2) is 6.56. The van der Waals surface area contributed by atoms with Crippen LogP contribution >= 0.6 is 0 Å². The zero-order valence-corrected chi connectivity index (χ0v) is 14.2. The van der Waals surface area contributed by atoms with Crippen molar-refractivity contribution in [1.29, 1.82) is 0 Å². The number of piperidine rings is 1. The third-order valence-corrected chi connectivity index (χ3v) is 4.71. The Balaban J connectivity index is 1.84. The number of pyridine rings is 1. The number of anilines is 1. The van der Waals surface area contributed by atoms with E-state index in [0.717, 1.165) is 49.9 Å². The summed E-state index contributed by atoms with van der Waals surface area (Å²) in [5, 5.41) is 9.25. The van der Waals surface area contributed by atoms with E-state index in [-0.39, 0.29) is 5.91 Å². The fraction of sp³-hybridized carbons (Fsp3) is 0.588. The van der Waals surface area contributed by atoms with Gasteiger partial charge < -0.3 is 10.2 Å². The van der Waals surface area contributed by atoms with Crippen molar-refractivity contribution in [2.45, 2.75) is 52.6 Å². The number of amides is 1. The molecule has 6 heteroatoms. The average molecular weight is 315 g/mol. The number of hydrogen-bond donors (Lipinski definition) is 1. The van der Waals surface area contributed by atoms with E-state index in [1.54, 1.807) is 6.92 Å². The zero-order valence-electron chi connectivity index (χ0n) is 14.2. The lowest BCUT2D eigenvalue weighted by Gasteiger charge is -2.32. The van der Waals surface area contributed by atoms with Crippen molar-refractivity contribution in [3.05, 3.63) is 18.0 Å². The number of aryl methyl sites for hydroxylation is 2. The van der Waals surface area contributed by atoms with E-state index in [1.807, 2.05) is 22.0 Å². The van der Waals surface area contributed by atoms with Gasteiger partial charge in [0.1, 0.15) is 0 Å². The van der Waals surface area contributed by atoms with Gasteiger partial charge in [-0.25, -0.2) is 9.67 Å². The normalized spacial score (nSPS) is 16.0. The number of likely N-dealkylation sites (tertiary alicyclic amines) is 1. The van der Waals surface area contributed by atoms with Gasteiger partial charge in [0.05, 0.1) is 17.3 Å². The van der Waals surface area contributed by atoms with Crippen molar-refractivity contribution in [3.63, 3.8) is 0 Å². The minimum Gasteiger partial charge on any atom is -0.381 e. The van der Waals surface area contributed by atoms with Crippen LogP contribution in [-0.2, 0) is 17.8 Å². The molecule has 0 spiro atoms. The van der Waals surface area contributed by atoms with E-state index in [9.17, 15) is 4.79 Å². The monoisotopic (exact) mass is 315 g/mol. The van der Waals surface area contributed by atoms with Crippen LogP contribution in [-0.4, -0.2) is 44.7 Å². The second-order valence-electron chi connectivity index (χ2n) is 6.13. The molecule has 0 atom stereocenters. The van der Waals surface area contributed by atoms with Crippen LogP contribution in [0.3, 0.4) is 0 Å². The van der Waals surface area contributed by atoms with Gasteiger partial charge in [0.15, 0.2) is 5.65 Å². The van der Waals surface area contributed by atoms with Gasteiger partial charge in [0, 0.05) is 38.8 Å². The standard InChI is InChI=1S/C17H25N5O/c1-4-13-10-18-17-15(11-19-22(17)5-2)16(13)20-14-6-8-21(9-7-14)12(3)23/h10-11,14H,4-9H2,1-3H3,(H,18,20). The Bertz CT molecular complexity index is 700. The lowest BCUT2D eigenvalue weighted by atomic mass is 10.0. The van der Waals surface area contributed by atoms with Crippen molar-refractivity contribution < 1.29 is 4.79 Å². The topological polar surface area (TPSA) is 63.1 Å². The molecule has 1 saturated heterocycles. The predicted molar refractivity (Wildman–Crippen MR) is 91.5 cm³/mol. The number of nitrogens with zero attached hydrogens (tertiary/aromatic N) is 4. The summed E-state index contributed by atoms with van der Waals surface area (Å²) >= 11 is 0. The molecule has 0 saturated carbocycles. The fourth-order valence-corrected chi connectivity index (χ4v) is 3.28. The molecule has 1 N–H and O–H groups in total. The summed E-state index contributed by atoms with van der Waals surface area (Å²) in [7, 11) is 0. The highest BCUT2D eigenvalue weighted by Crippen LogP contribution is 2.28. The lowest BCUT2D eigenvalue weighted by Crippen LogP contribution is -2.41. The van der Waals surface area contributed by atoms with E-state index < -0.39 is 0 Å². The van der Waals surface area contributed by atoms with Crippen LogP contribution in [0.4, 0.5) is 5.69 Å². The van der Waals surface area contributed by atoms with Crippen molar-refractivity contribution in [3.8, 4) is 0 Å². The number of hydrogen-bond acceptors (Lipinski definition) is 4. The van der Waals surface area contributed by atoms with Crippen LogP contribution in [0.25, 0.3) is 11.0 Å². The van der Waals surface area contributed by atoms with Gasteiger partial charge in [-0.1, -0.05) is 6.92 Å². The van der Waals surface area contributed by atoms with Gasteiger partial charge in [-0.2, -0.15) is 5.10 Å². The SMILES string of the molecule is CCc1cnc2c(cnn2CC)c1NC1CCN(C(C)=O)CC1. The highest BCUT2D eigenvalue weighted by Gasteiger charge is 2.22. The van der Waals surface area contributed by atoms with Gasteiger partial charge >= 0.3 is 0 Å². The maximum absolute atomic E-state index is 11.5. The van der Waals surface area contributed by atoms with Gasteiger partial charge in [-0.15, -0.1) is 0 Å². The second-order valence-corrected chi connectivity index (χ2v) is 6.13. The van der Waals surface area contributed by atoms with Crippen molar-refractivity contribution >= 4 is 22.6 Å². The Labute approximate surface area is 136 Å². The van der Waals surface area contributed by atoms with E-state index in [1.165, 1.54) is 11.3 Å². The summed E-state index contributed by atoms with van der Waals surface area (Å²) in [4.78, 5) is 18.0. The zero-order chi connectivity index (χ0) is 16.4. The van der Waals surface area contributed by atoms with Crippen LogP contribution in [0.15, 0.2) is 12.4 Å². The molecule has 0 aromatic carbocycles. The fourth-order valence-electron chi connectivity index (χ4n) is 3.28. The lowest BCUT2D eigenvalue weighted by molar-refractivity contribution is -0.129. The Morgan fingerprint density at radius 2 is 2.04 bits per heavy atom. The van der Waals surface area contributed by atoms with Gasteiger partial charge in [0.25, 0.3) is 0 Å². The number of carbonyl (C=O) groups is 1. The summed E-state index contributed by atoms with van der Waals surface area (Å²) in [6, 6.07) is 0.395. The first-order valence-electron chi connectivity index (χ1n) is 8.49. The predicted octanol–water partition coefficient (Wildman–Crippen LogP) is 2.44. The van der Waals surface area contributed by atoms with Crippen LogP contribution < -0.4 is 5.32 Å². The molecule has 3 rings (SSSR count). The first-order valence-corrected chi connectivity index (χ1v) is 8.49. The first kappa shape index (κ1) is 15.8. The summed E-state index contributed by atoms with van der Waals surface area (Å²) in [5.41, 5.74) is 3.33. The Kier molecular flexibility index (Phi) is 4.50. The molecule has 1 aliphatic heterocycles. The summed E-state index contributed by atoms with van der Waals surface area (Å²) in [6.45, 7) is 8.35. The largest absolute Gasteiger partial charge is 0.381 e. The maximum atomic E-state index is 11.5. The van der Waals surface area contributed by atoms with Gasteiger partial charge in [-0.05, 0) is 31.7 Å². The smallest absolute Gasteiger partial charge is 0.219 e. The summed E-state index contributed by atoms with van der Waals surface area (Å²) in [6.07, 6.45) is 6.78. The number of nitrogens with one attached hydrogen (secondary N) is 1. The minimum atomic E-state index is 0.174. The quantitative estimate of drug-likeness (QED) is 0.941. The molecule has 1 fully saturated rings. The maximum Gasteiger partial charge on any atom is 0.219 e. The van der Waals surface area contributed by atoms with Crippen LogP contribution in [0.5, 0.6) is 0 Å². The Hall–Kier alpha value is -2.11. The molecule has 0 bridgehead atoms. The molecule has 2 aromatic rings. The molecular weight excluding hydrogens is 290 g/mol. The van der Waals surface area contributed by atoms with E-state index in [0.29, 0.717) is 6.04 Å². The van der Waals surface area contributed by atoms with Crippen molar-refractivity contribution in [2.24, 2.45) is 0 Å². The number of aromatic nitrogens is 3. The van der Waals surface area contributed by atoms with Crippen molar-refractivity contribution in [2.75, 3.05) is 18.4 Å². The number of carbonyl (C=O) groups excluding carboxylic acids is 1. The van der Waals surface area contributed by atoms with Crippen LogP contribution in [0.2, 0.25) is 0 Å². The molecule has 124 valence electrons. The third-order valence-electron chi connectivity index (χ3n) is 4.71. The third kappa shape index (κ3) is 3.02. The molecule has 23 heavy (non-hydrogen) atoms. The van der Waals surface area contributed by atoms with Crippen molar-refractivity contribution in [1.82, 2.24) is 19.7 Å². The molecular formula is C17H25N5O. The number of fused-ring (bicyclic) bond motifs is 1. The molecule has 0 aliphatic carbocycles. The molecule has 6 nitrogen and oxygen atoms in total. The van der Waals surface area contributed by atoms with E-state index in [2.05, 4.69) is 29.2 Å². The minimum absolute atomic E-state index is 0.174. The number of rotatable bonds is 4. The average Bonchev–Trinajstić information content (AvgIpc) is 2.99. The molecule has 0 radical (unpaired) electrons. The van der Waals surface area contributed by atoms with Gasteiger partial charge in [0.2, 0.25) is 5.91 Å². The molecule has 1 aliphatic rings. The Morgan fingerprint density at radius 1 is 1.30 bits per heavy atom. The molecule has 2 aromatic heterocycles. The Morgan fingerprint density at radius 3 is 2.65 bits per heavy atom. The summed E-state index contributed by atoms with van der Waals surface area (Å²) < 4.78 is 1.93.